The lowest BCUT2D eigenvalue weighted by Gasteiger charge is -2.22. The minimum Gasteiger partial charge on any atom is -0.478 e. The number of carboxylic acid groups (broad SMARTS) is 1. The van der Waals surface area contributed by atoms with Crippen LogP contribution in [-0.2, 0) is 4.74 Å². The first-order valence-corrected chi connectivity index (χ1v) is 6.97. The van der Waals surface area contributed by atoms with Gasteiger partial charge in [-0.2, -0.15) is 0 Å². The summed E-state index contributed by atoms with van der Waals surface area (Å²) in [6.07, 6.45) is 0. The molecule has 0 aliphatic heterocycles. The standard InChI is InChI=1S/C13H17BrN2O5/c1-21-5-3-16(2-4-17)13(20)15-11-7-9(12(18)19)6-10(14)8-11/h6-8,17H,2-5H2,1H3,(H,15,20)(H,18,19). The predicted octanol–water partition coefficient (Wildman–Crippen LogP) is 1.62. The van der Waals surface area contributed by atoms with Gasteiger partial charge in [0.1, 0.15) is 0 Å². The van der Waals surface area contributed by atoms with Crippen LogP contribution in [0.25, 0.3) is 0 Å². The topological polar surface area (TPSA) is 99.1 Å². The molecule has 0 heterocycles. The van der Waals surface area contributed by atoms with Crippen molar-refractivity contribution in [3.63, 3.8) is 0 Å². The zero-order chi connectivity index (χ0) is 15.8. The van der Waals surface area contributed by atoms with Crippen LogP contribution in [0, 0.1) is 0 Å². The lowest BCUT2D eigenvalue weighted by atomic mass is 10.2. The van der Waals surface area contributed by atoms with Crippen LogP contribution in [0.3, 0.4) is 0 Å². The molecule has 3 N–H and O–H groups in total. The number of carboxylic acids is 1. The van der Waals surface area contributed by atoms with Gasteiger partial charge in [-0.1, -0.05) is 15.9 Å². The number of aromatic carboxylic acids is 1. The Morgan fingerprint density at radius 3 is 2.62 bits per heavy atom. The van der Waals surface area contributed by atoms with E-state index >= 15 is 0 Å². The lowest BCUT2D eigenvalue weighted by Crippen LogP contribution is -2.39. The Morgan fingerprint density at radius 2 is 2.05 bits per heavy atom. The third-order valence-electron chi connectivity index (χ3n) is 2.62. The van der Waals surface area contributed by atoms with E-state index in [0.717, 1.165) is 0 Å². The minimum atomic E-state index is -1.08. The van der Waals surface area contributed by atoms with E-state index in [1.54, 1.807) is 6.07 Å². The van der Waals surface area contributed by atoms with Crippen LogP contribution >= 0.6 is 15.9 Å². The van der Waals surface area contributed by atoms with Gasteiger partial charge >= 0.3 is 12.0 Å². The van der Waals surface area contributed by atoms with Crippen molar-refractivity contribution in [3.05, 3.63) is 28.2 Å². The second-order valence-electron chi connectivity index (χ2n) is 4.17. The lowest BCUT2D eigenvalue weighted by molar-refractivity contribution is 0.0696. The number of hydrogen-bond donors (Lipinski definition) is 3. The molecular weight excluding hydrogens is 344 g/mol. The number of nitrogens with zero attached hydrogens (tertiary/aromatic N) is 1. The van der Waals surface area contributed by atoms with Crippen molar-refractivity contribution in [1.82, 2.24) is 4.90 Å². The molecule has 0 atom stereocenters. The van der Waals surface area contributed by atoms with Crippen LogP contribution in [-0.4, -0.2) is 60.5 Å². The average Bonchev–Trinajstić information content (AvgIpc) is 2.42. The van der Waals surface area contributed by atoms with E-state index < -0.39 is 12.0 Å². The highest BCUT2D eigenvalue weighted by atomic mass is 79.9. The number of benzene rings is 1. The Morgan fingerprint density at radius 1 is 1.33 bits per heavy atom. The zero-order valence-electron chi connectivity index (χ0n) is 11.5. The zero-order valence-corrected chi connectivity index (χ0v) is 13.1. The number of amides is 2. The fourth-order valence-electron chi connectivity index (χ4n) is 1.62. The monoisotopic (exact) mass is 360 g/mol. The summed E-state index contributed by atoms with van der Waals surface area (Å²) in [7, 11) is 1.52. The number of methoxy groups -OCH3 is 1. The third kappa shape index (κ3) is 5.70. The second-order valence-corrected chi connectivity index (χ2v) is 5.08. The van der Waals surface area contributed by atoms with E-state index in [1.807, 2.05) is 0 Å². The number of carbonyl (C=O) groups is 2. The number of aliphatic hydroxyl groups excluding tert-OH is 1. The fourth-order valence-corrected chi connectivity index (χ4v) is 2.12. The number of rotatable bonds is 7. The molecule has 116 valence electrons. The van der Waals surface area contributed by atoms with Crippen molar-refractivity contribution in [2.75, 3.05) is 38.7 Å². The SMILES string of the molecule is COCCN(CCO)C(=O)Nc1cc(Br)cc(C(=O)O)c1. The summed E-state index contributed by atoms with van der Waals surface area (Å²) in [6.45, 7) is 0.653. The van der Waals surface area contributed by atoms with Crippen molar-refractivity contribution in [2.24, 2.45) is 0 Å². The Labute approximate surface area is 130 Å². The quantitative estimate of drug-likeness (QED) is 0.686. The number of aliphatic hydroxyl groups is 1. The maximum Gasteiger partial charge on any atom is 0.335 e. The number of halogens is 1. The van der Waals surface area contributed by atoms with Crippen LogP contribution < -0.4 is 5.32 Å². The molecule has 0 spiro atoms. The van der Waals surface area contributed by atoms with E-state index in [-0.39, 0.29) is 18.7 Å². The van der Waals surface area contributed by atoms with Gasteiger partial charge in [-0.15, -0.1) is 0 Å². The molecule has 0 fully saturated rings. The average molecular weight is 361 g/mol. The normalized spacial score (nSPS) is 10.2. The Balaban J connectivity index is 2.82. The van der Waals surface area contributed by atoms with E-state index in [2.05, 4.69) is 21.2 Å². The minimum absolute atomic E-state index is 0.0604. The van der Waals surface area contributed by atoms with Crippen LogP contribution in [0.1, 0.15) is 10.4 Å². The number of hydrogen-bond acceptors (Lipinski definition) is 4. The van der Waals surface area contributed by atoms with Crippen LogP contribution in [0.2, 0.25) is 0 Å². The summed E-state index contributed by atoms with van der Waals surface area (Å²) in [4.78, 5) is 24.4. The highest BCUT2D eigenvalue weighted by molar-refractivity contribution is 9.10. The highest BCUT2D eigenvalue weighted by Crippen LogP contribution is 2.20. The van der Waals surface area contributed by atoms with Crippen molar-refractivity contribution >= 4 is 33.6 Å². The summed E-state index contributed by atoms with van der Waals surface area (Å²) in [5, 5.41) is 20.5. The second kappa shape index (κ2) is 8.60. The molecule has 0 aliphatic carbocycles. The molecule has 0 saturated carbocycles. The summed E-state index contributed by atoms with van der Waals surface area (Å²) < 4.78 is 5.44. The Kier molecular flexibility index (Phi) is 7.13. The molecule has 8 heteroatoms. The number of urea groups is 1. The van der Waals surface area contributed by atoms with Crippen LogP contribution in [0.5, 0.6) is 0 Å². The summed E-state index contributed by atoms with van der Waals surface area (Å²) in [5.74, 6) is -1.08. The number of ether oxygens (including phenoxy) is 1. The molecule has 2 amide bonds. The van der Waals surface area contributed by atoms with Gasteiger partial charge < -0.3 is 25.2 Å². The number of carbonyl (C=O) groups excluding carboxylic acids is 1. The summed E-state index contributed by atoms with van der Waals surface area (Å²) in [5.41, 5.74) is 0.414. The molecule has 1 rings (SSSR count). The highest BCUT2D eigenvalue weighted by Gasteiger charge is 2.14. The predicted molar refractivity (Wildman–Crippen MR) is 80.7 cm³/mol. The molecule has 0 saturated heterocycles. The van der Waals surface area contributed by atoms with Gasteiger partial charge in [0.15, 0.2) is 0 Å². The molecular formula is C13H17BrN2O5. The molecule has 0 aliphatic rings. The first-order valence-electron chi connectivity index (χ1n) is 6.17. The molecule has 1 aromatic carbocycles. The van der Waals surface area contributed by atoms with Gasteiger partial charge in [-0.25, -0.2) is 9.59 Å². The number of anilines is 1. The van der Waals surface area contributed by atoms with Crippen molar-refractivity contribution in [1.29, 1.82) is 0 Å². The van der Waals surface area contributed by atoms with Crippen LogP contribution in [0.4, 0.5) is 10.5 Å². The van der Waals surface area contributed by atoms with Gasteiger partial charge in [0.25, 0.3) is 0 Å². The molecule has 0 aromatic heterocycles. The third-order valence-corrected chi connectivity index (χ3v) is 3.08. The maximum absolute atomic E-state index is 12.1. The molecule has 0 unspecified atom stereocenters. The largest absolute Gasteiger partial charge is 0.478 e. The van der Waals surface area contributed by atoms with Gasteiger partial charge in [0, 0.05) is 30.4 Å². The molecule has 0 bridgehead atoms. The van der Waals surface area contributed by atoms with E-state index in [9.17, 15) is 9.59 Å². The van der Waals surface area contributed by atoms with Gasteiger partial charge in [0.2, 0.25) is 0 Å². The summed E-state index contributed by atoms with van der Waals surface area (Å²) in [6, 6.07) is 3.96. The van der Waals surface area contributed by atoms with Crippen LogP contribution in [0.15, 0.2) is 22.7 Å². The van der Waals surface area contributed by atoms with E-state index in [4.69, 9.17) is 14.9 Å². The summed E-state index contributed by atoms with van der Waals surface area (Å²) >= 11 is 3.19. The van der Waals surface area contributed by atoms with Gasteiger partial charge in [-0.05, 0) is 18.2 Å². The van der Waals surface area contributed by atoms with Crippen molar-refractivity contribution < 1.29 is 24.5 Å². The van der Waals surface area contributed by atoms with E-state index in [1.165, 1.54) is 24.1 Å². The van der Waals surface area contributed by atoms with E-state index in [0.29, 0.717) is 23.3 Å². The molecule has 1 aromatic rings. The maximum atomic E-state index is 12.1. The van der Waals surface area contributed by atoms with Gasteiger partial charge in [0.05, 0.1) is 18.8 Å². The fraction of sp³-hybridized carbons (Fsp3) is 0.385. The smallest absolute Gasteiger partial charge is 0.335 e. The first-order chi connectivity index (χ1) is 9.97. The Hall–Kier alpha value is -1.64. The molecule has 0 radical (unpaired) electrons. The van der Waals surface area contributed by atoms with Gasteiger partial charge in [-0.3, -0.25) is 0 Å². The Bertz CT molecular complexity index is 509. The molecule has 21 heavy (non-hydrogen) atoms. The van der Waals surface area contributed by atoms with Crippen molar-refractivity contribution in [2.45, 2.75) is 0 Å². The first kappa shape index (κ1) is 17.4. The number of nitrogens with one attached hydrogen (secondary N) is 1. The molecule has 7 nitrogen and oxygen atoms in total. The van der Waals surface area contributed by atoms with Crippen molar-refractivity contribution in [3.8, 4) is 0 Å².